The predicted octanol–water partition coefficient (Wildman–Crippen LogP) is -0.0561. The summed E-state index contributed by atoms with van der Waals surface area (Å²) in [6.07, 6.45) is 0.570. The third-order valence-electron chi connectivity index (χ3n) is 12.3. The lowest BCUT2D eigenvalue weighted by molar-refractivity contribution is -0.459. The molecule has 0 unspecified atom stereocenters. The number of fused-ring (bicyclic) bond motifs is 7. The van der Waals surface area contributed by atoms with Gasteiger partial charge in [0.2, 0.25) is 12.1 Å². The average molecular weight is 565 g/mol. The Morgan fingerprint density at radius 2 is 1.82 bits per heavy atom. The Bertz CT molecular complexity index is 1110. The largest absolute Gasteiger partial charge is 0.458 e. The van der Waals surface area contributed by atoms with Gasteiger partial charge in [-0.3, -0.25) is 0 Å². The second kappa shape index (κ2) is 9.03. The zero-order valence-corrected chi connectivity index (χ0v) is 22.7. The molecule has 0 aromatic heterocycles. The summed E-state index contributed by atoms with van der Waals surface area (Å²) in [6.45, 7) is 1.77. The lowest BCUT2D eigenvalue weighted by Crippen LogP contribution is -2.72. The fourth-order valence-corrected chi connectivity index (χ4v) is 10.2. The van der Waals surface area contributed by atoms with Crippen molar-refractivity contribution < 1.29 is 54.1 Å². The summed E-state index contributed by atoms with van der Waals surface area (Å²) in [5.41, 5.74) is -2.22. The van der Waals surface area contributed by atoms with Gasteiger partial charge in [-0.1, -0.05) is 6.92 Å². The van der Waals surface area contributed by atoms with Gasteiger partial charge >= 0.3 is 5.97 Å². The van der Waals surface area contributed by atoms with Crippen LogP contribution in [0.2, 0.25) is 0 Å². The van der Waals surface area contributed by atoms with Crippen LogP contribution in [0.5, 0.6) is 0 Å². The van der Waals surface area contributed by atoms with E-state index in [4.69, 9.17) is 18.9 Å². The number of aldehydes is 1. The van der Waals surface area contributed by atoms with Crippen LogP contribution in [0.3, 0.4) is 0 Å². The molecule has 0 amide bonds. The summed E-state index contributed by atoms with van der Waals surface area (Å²) in [6, 6.07) is 0. The summed E-state index contributed by atoms with van der Waals surface area (Å²) >= 11 is 0. The second-order valence-electron chi connectivity index (χ2n) is 13.6. The van der Waals surface area contributed by atoms with E-state index in [1.165, 1.54) is 6.08 Å². The number of hydrogen-bond donors (Lipinski definition) is 5. The Morgan fingerprint density at radius 1 is 1.02 bits per heavy atom. The molecule has 7 rings (SSSR count). The molecule has 3 heterocycles. The Labute approximate surface area is 232 Å². The molecule has 0 bridgehead atoms. The highest BCUT2D eigenvalue weighted by Gasteiger charge is 2.73. The van der Waals surface area contributed by atoms with Gasteiger partial charge in [0.15, 0.2) is 0 Å². The fourth-order valence-electron chi connectivity index (χ4n) is 10.2. The molecule has 222 valence electrons. The first-order valence-corrected chi connectivity index (χ1v) is 14.7. The zero-order chi connectivity index (χ0) is 28.2. The molecule has 7 aliphatic rings. The van der Waals surface area contributed by atoms with Crippen molar-refractivity contribution in [1.82, 2.24) is 0 Å². The van der Waals surface area contributed by atoms with E-state index in [0.29, 0.717) is 38.5 Å². The van der Waals surface area contributed by atoms with Crippen LogP contribution < -0.4 is 0 Å². The molecule has 14 atom stereocenters. The van der Waals surface area contributed by atoms with Crippen LogP contribution in [0.25, 0.3) is 0 Å². The van der Waals surface area contributed by atoms with Crippen molar-refractivity contribution in [3.63, 3.8) is 0 Å². The molecular formula is C29H40O11. The maximum absolute atomic E-state index is 13.2. The molecule has 4 aliphatic carbocycles. The van der Waals surface area contributed by atoms with Crippen LogP contribution in [-0.2, 0) is 28.5 Å². The molecule has 3 aliphatic heterocycles. The van der Waals surface area contributed by atoms with E-state index >= 15 is 0 Å². The number of esters is 1. The smallest absolute Gasteiger partial charge is 0.331 e. The predicted molar refractivity (Wildman–Crippen MR) is 134 cm³/mol. The molecule has 5 N–H and O–H groups in total. The summed E-state index contributed by atoms with van der Waals surface area (Å²) in [4.78, 5) is 25.0. The van der Waals surface area contributed by atoms with Crippen molar-refractivity contribution in [3.05, 3.63) is 11.6 Å². The molecular weight excluding hydrogens is 524 g/mol. The van der Waals surface area contributed by atoms with Gasteiger partial charge in [0.05, 0.1) is 36.6 Å². The number of aliphatic hydroxyl groups excluding tert-OH is 3. The van der Waals surface area contributed by atoms with E-state index in [2.05, 4.69) is 0 Å². The van der Waals surface area contributed by atoms with Crippen molar-refractivity contribution in [3.8, 4) is 0 Å². The molecule has 4 saturated carbocycles. The maximum atomic E-state index is 13.2. The van der Waals surface area contributed by atoms with Crippen LogP contribution in [0.15, 0.2) is 11.6 Å². The van der Waals surface area contributed by atoms with Crippen molar-refractivity contribution in [1.29, 1.82) is 0 Å². The third-order valence-corrected chi connectivity index (χ3v) is 12.3. The van der Waals surface area contributed by atoms with Gasteiger partial charge in [0.1, 0.15) is 19.0 Å². The van der Waals surface area contributed by atoms with E-state index in [1.54, 1.807) is 0 Å². The second-order valence-corrected chi connectivity index (χ2v) is 13.6. The molecule has 0 aromatic rings. The van der Waals surface area contributed by atoms with Crippen LogP contribution in [0.1, 0.15) is 58.3 Å². The molecule has 0 spiro atoms. The number of aliphatic hydroxyl groups is 5. The molecule has 11 nitrogen and oxygen atoms in total. The van der Waals surface area contributed by atoms with Crippen molar-refractivity contribution in [2.75, 3.05) is 13.2 Å². The quantitative estimate of drug-likeness (QED) is 0.177. The first-order valence-electron chi connectivity index (χ1n) is 14.7. The highest BCUT2D eigenvalue weighted by atomic mass is 16.8. The minimum atomic E-state index is -2.13. The standard InChI is InChI=1S/C29H40O11/c1-26-17(14-6-24(34)37-12-14)4-5-28(26,35)18-3-2-15-7-20-21(10-27(15,13-31)19(18)9-22(26)32)40-29(36)23(33)8-16(11-30)38-25(29)39-20/h6,13,15-23,25,30,32-33,35-36H,2-5,7-12H2,1H3/t15-,16-,17+,18+,19-,20+,21+,22+,23+,25-,26-,27+,28-,29-/m0/s1. The van der Waals surface area contributed by atoms with E-state index in [0.717, 1.165) is 11.9 Å². The first-order chi connectivity index (χ1) is 19.0. The van der Waals surface area contributed by atoms with E-state index in [1.807, 2.05) is 6.92 Å². The van der Waals surface area contributed by atoms with Gasteiger partial charge in [-0.05, 0) is 74.2 Å². The molecule has 11 heteroatoms. The summed E-state index contributed by atoms with van der Waals surface area (Å²) in [5, 5.41) is 55.7. The molecule has 2 saturated heterocycles. The van der Waals surface area contributed by atoms with E-state index in [-0.39, 0.29) is 49.7 Å². The maximum Gasteiger partial charge on any atom is 0.331 e. The number of cyclic esters (lactones) is 1. The van der Waals surface area contributed by atoms with Crippen LogP contribution in [-0.4, -0.2) is 99.2 Å². The minimum absolute atomic E-state index is 0.0254. The van der Waals surface area contributed by atoms with Crippen LogP contribution >= 0.6 is 0 Å². The molecule has 6 fully saturated rings. The number of hydrogen-bond acceptors (Lipinski definition) is 11. The average Bonchev–Trinajstić information content (AvgIpc) is 3.48. The van der Waals surface area contributed by atoms with Gasteiger partial charge in [0.25, 0.3) is 0 Å². The zero-order valence-electron chi connectivity index (χ0n) is 22.7. The Hall–Kier alpha value is -1.44. The molecule has 0 radical (unpaired) electrons. The summed E-state index contributed by atoms with van der Waals surface area (Å²) in [5.74, 6) is -3.35. The third kappa shape index (κ3) is 3.40. The lowest BCUT2D eigenvalue weighted by Gasteiger charge is -2.65. The highest BCUT2D eigenvalue weighted by molar-refractivity contribution is 5.85. The number of ether oxygens (including phenoxy) is 4. The van der Waals surface area contributed by atoms with Gasteiger partial charge in [-0.2, -0.15) is 0 Å². The van der Waals surface area contributed by atoms with Crippen LogP contribution in [0.4, 0.5) is 0 Å². The highest BCUT2D eigenvalue weighted by Crippen LogP contribution is 2.70. The van der Waals surface area contributed by atoms with Gasteiger partial charge < -0.3 is 49.3 Å². The normalized spacial score (nSPS) is 57.0. The van der Waals surface area contributed by atoms with Gasteiger partial charge in [-0.15, -0.1) is 0 Å². The summed E-state index contributed by atoms with van der Waals surface area (Å²) < 4.78 is 23.2. The summed E-state index contributed by atoms with van der Waals surface area (Å²) in [7, 11) is 0. The SMILES string of the molecule is C[C@]12[C@H](O)C[C@H]3[C@@H](CC[C@H]4C[C@H]5O[C@@H]6O[C@H](CO)C[C@@H](O)[C@]6(O)O[C@@H]5C[C@@]43C=O)[C@@]1(O)CC[C@@H]2C1=CC(=O)OC1. The number of rotatable bonds is 3. The van der Waals surface area contributed by atoms with Crippen molar-refractivity contribution in [2.45, 2.75) is 106 Å². The number of carbonyl (C=O) groups excluding carboxylic acids is 2. The number of carbonyl (C=O) groups is 2. The fraction of sp³-hybridized carbons (Fsp3) is 0.862. The Morgan fingerprint density at radius 3 is 2.52 bits per heavy atom. The van der Waals surface area contributed by atoms with Gasteiger partial charge in [-0.25, -0.2) is 4.79 Å². The molecule has 40 heavy (non-hydrogen) atoms. The Balaban J connectivity index is 1.19. The topological polar surface area (TPSA) is 172 Å². The van der Waals surface area contributed by atoms with Crippen molar-refractivity contribution in [2.24, 2.45) is 34.5 Å². The molecule has 0 aromatic carbocycles. The first kappa shape index (κ1) is 27.4. The van der Waals surface area contributed by atoms with Crippen LogP contribution in [0, 0.1) is 34.5 Å². The minimum Gasteiger partial charge on any atom is -0.458 e. The van der Waals surface area contributed by atoms with Crippen molar-refractivity contribution >= 4 is 12.3 Å². The van der Waals surface area contributed by atoms with E-state index < -0.39 is 65.0 Å². The van der Waals surface area contributed by atoms with E-state index in [9.17, 15) is 35.1 Å². The van der Waals surface area contributed by atoms with Gasteiger partial charge in [0, 0.05) is 23.3 Å². The monoisotopic (exact) mass is 564 g/mol. The Kier molecular flexibility index (Phi) is 6.19. The lowest BCUT2D eigenvalue weighted by atomic mass is 9.42.